The topological polar surface area (TPSA) is 59.3 Å². The SMILES string of the molecule is OC(CNCCOc1ccccc1)Cn1cccn1. The zero-order valence-corrected chi connectivity index (χ0v) is 10.8. The van der Waals surface area contributed by atoms with Gasteiger partial charge in [-0.05, 0) is 18.2 Å². The van der Waals surface area contributed by atoms with E-state index in [0.717, 1.165) is 5.75 Å². The highest BCUT2D eigenvalue weighted by Gasteiger charge is 2.04. The molecule has 0 aliphatic rings. The van der Waals surface area contributed by atoms with Crippen molar-refractivity contribution < 1.29 is 9.84 Å². The fourth-order valence-electron chi connectivity index (χ4n) is 1.72. The summed E-state index contributed by atoms with van der Waals surface area (Å²) in [7, 11) is 0. The van der Waals surface area contributed by atoms with Gasteiger partial charge in [-0.25, -0.2) is 0 Å². The van der Waals surface area contributed by atoms with Crippen molar-refractivity contribution in [1.82, 2.24) is 15.1 Å². The molecule has 0 bridgehead atoms. The zero-order valence-electron chi connectivity index (χ0n) is 10.8. The van der Waals surface area contributed by atoms with Crippen molar-refractivity contribution in [3.8, 4) is 5.75 Å². The molecule has 0 saturated heterocycles. The molecule has 19 heavy (non-hydrogen) atoms. The normalized spacial score (nSPS) is 12.3. The van der Waals surface area contributed by atoms with E-state index in [4.69, 9.17) is 4.74 Å². The van der Waals surface area contributed by atoms with Gasteiger partial charge in [0.15, 0.2) is 0 Å². The molecule has 5 nitrogen and oxygen atoms in total. The van der Waals surface area contributed by atoms with Crippen LogP contribution in [0.3, 0.4) is 0 Å². The van der Waals surface area contributed by atoms with Crippen LogP contribution in [0.5, 0.6) is 5.75 Å². The van der Waals surface area contributed by atoms with Crippen LogP contribution in [-0.2, 0) is 6.54 Å². The molecule has 1 aromatic heterocycles. The monoisotopic (exact) mass is 261 g/mol. The number of hydrogen-bond donors (Lipinski definition) is 2. The summed E-state index contributed by atoms with van der Waals surface area (Å²) in [4.78, 5) is 0. The van der Waals surface area contributed by atoms with Crippen LogP contribution in [0, 0.1) is 0 Å². The van der Waals surface area contributed by atoms with Crippen molar-refractivity contribution in [2.75, 3.05) is 19.7 Å². The molecule has 0 radical (unpaired) electrons. The quantitative estimate of drug-likeness (QED) is 0.694. The predicted octanol–water partition coefficient (Wildman–Crippen LogP) is 0.913. The lowest BCUT2D eigenvalue weighted by atomic mass is 10.3. The Balaban J connectivity index is 1.54. The number of rotatable bonds is 8. The lowest BCUT2D eigenvalue weighted by Crippen LogP contribution is -2.32. The van der Waals surface area contributed by atoms with Gasteiger partial charge in [-0.1, -0.05) is 18.2 Å². The molecule has 1 atom stereocenters. The van der Waals surface area contributed by atoms with Gasteiger partial charge in [-0.15, -0.1) is 0 Å². The Morgan fingerprint density at radius 2 is 2.11 bits per heavy atom. The first-order chi connectivity index (χ1) is 9.34. The largest absolute Gasteiger partial charge is 0.492 e. The Morgan fingerprint density at radius 1 is 1.26 bits per heavy atom. The molecule has 0 aliphatic carbocycles. The molecule has 2 rings (SSSR count). The Morgan fingerprint density at radius 3 is 2.84 bits per heavy atom. The van der Waals surface area contributed by atoms with Crippen molar-refractivity contribution in [3.63, 3.8) is 0 Å². The predicted molar refractivity (Wildman–Crippen MR) is 73.0 cm³/mol. The van der Waals surface area contributed by atoms with Gasteiger partial charge in [0.25, 0.3) is 0 Å². The minimum Gasteiger partial charge on any atom is -0.492 e. The maximum Gasteiger partial charge on any atom is 0.119 e. The summed E-state index contributed by atoms with van der Waals surface area (Å²) in [6.45, 7) is 2.31. The van der Waals surface area contributed by atoms with Gasteiger partial charge in [0.05, 0.1) is 12.6 Å². The fraction of sp³-hybridized carbons (Fsp3) is 0.357. The number of aromatic nitrogens is 2. The molecule has 1 aromatic carbocycles. The molecule has 102 valence electrons. The number of aliphatic hydroxyl groups excluding tert-OH is 1. The molecule has 0 fully saturated rings. The summed E-state index contributed by atoms with van der Waals surface area (Å²) in [5.74, 6) is 0.862. The maximum atomic E-state index is 9.77. The highest BCUT2D eigenvalue weighted by molar-refractivity contribution is 5.20. The third-order valence-corrected chi connectivity index (χ3v) is 2.63. The van der Waals surface area contributed by atoms with E-state index < -0.39 is 6.10 Å². The van der Waals surface area contributed by atoms with E-state index in [1.54, 1.807) is 10.9 Å². The first-order valence-corrected chi connectivity index (χ1v) is 6.38. The molecule has 5 heteroatoms. The minimum atomic E-state index is -0.448. The second kappa shape index (κ2) is 7.56. The van der Waals surface area contributed by atoms with Crippen LogP contribution in [0.2, 0.25) is 0 Å². The Bertz CT molecular complexity index is 445. The third-order valence-electron chi connectivity index (χ3n) is 2.63. The molecule has 1 heterocycles. The van der Waals surface area contributed by atoms with E-state index in [2.05, 4.69) is 10.4 Å². The number of aliphatic hydroxyl groups is 1. The molecule has 2 N–H and O–H groups in total. The van der Waals surface area contributed by atoms with Gasteiger partial charge in [0.1, 0.15) is 12.4 Å². The highest BCUT2D eigenvalue weighted by atomic mass is 16.5. The Hall–Kier alpha value is -1.85. The van der Waals surface area contributed by atoms with E-state index in [9.17, 15) is 5.11 Å². The second-order valence-electron chi connectivity index (χ2n) is 4.25. The number of ether oxygens (including phenoxy) is 1. The fourth-order valence-corrected chi connectivity index (χ4v) is 1.72. The van der Waals surface area contributed by atoms with E-state index in [0.29, 0.717) is 26.2 Å². The van der Waals surface area contributed by atoms with E-state index in [-0.39, 0.29) is 0 Å². The van der Waals surface area contributed by atoms with Gasteiger partial charge in [-0.2, -0.15) is 5.10 Å². The van der Waals surface area contributed by atoms with Crippen molar-refractivity contribution in [2.45, 2.75) is 12.6 Å². The van der Waals surface area contributed by atoms with Crippen LogP contribution in [-0.4, -0.2) is 40.7 Å². The standard InChI is InChI=1S/C14H19N3O2/c18-13(12-17-9-4-7-16-17)11-15-8-10-19-14-5-2-1-3-6-14/h1-7,9,13,15,18H,8,10-12H2. The highest BCUT2D eigenvalue weighted by Crippen LogP contribution is 2.07. The molecule has 0 aliphatic heterocycles. The van der Waals surface area contributed by atoms with Crippen molar-refractivity contribution in [3.05, 3.63) is 48.8 Å². The number of benzene rings is 1. The average Bonchev–Trinajstić information content (AvgIpc) is 2.92. The second-order valence-corrected chi connectivity index (χ2v) is 4.25. The van der Waals surface area contributed by atoms with Crippen molar-refractivity contribution in [2.24, 2.45) is 0 Å². The van der Waals surface area contributed by atoms with Gasteiger partial charge in [0.2, 0.25) is 0 Å². The van der Waals surface area contributed by atoms with E-state index in [1.807, 2.05) is 42.6 Å². The zero-order chi connectivity index (χ0) is 13.3. The van der Waals surface area contributed by atoms with Gasteiger partial charge in [-0.3, -0.25) is 4.68 Å². The molecule has 0 saturated carbocycles. The maximum absolute atomic E-state index is 9.77. The Kier molecular flexibility index (Phi) is 5.40. The van der Waals surface area contributed by atoms with E-state index in [1.165, 1.54) is 0 Å². The van der Waals surface area contributed by atoms with Crippen LogP contribution in [0.1, 0.15) is 0 Å². The van der Waals surface area contributed by atoms with Crippen LogP contribution >= 0.6 is 0 Å². The Labute approximate surface area is 112 Å². The summed E-state index contributed by atoms with van der Waals surface area (Å²) in [5.41, 5.74) is 0. The summed E-state index contributed by atoms with van der Waals surface area (Å²) < 4.78 is 7.25. The van der Waals surface area contributed by atoms with Crippen LogP contribution in [0.15, 0.2) is 48.8 Å². The third kappa shape index (κ3) is 5.11. The number of nitrogens with one attached hydrogen (secondary N) is 1. The first-order valence-electron chi connectivity index (χ1n) is 6.38. The van der Waals surface area contributed by atoms with Gasteiger partial charge >= 0.3 is 0 Å². The van der Waals surface area contributed by atoms with Crippen LogP contribution < -0.4 is 10.1 Å². The minimum absolute atomic E-state index is 0.448. The number of hydrogen-bond acceptors (Lipinski definition) is 4. The van der Waals surface area contributed by atoms with E-state index >= 15 is 0 Å². The lowest BCUT2D eigenvalue weighted by Gasteiger charge is -2.12. The van der Waals surface area contributed by atoms with Crippen LogP contribution in [0.4, 0.5) is 0 Å². The lowest BCUT2D eigenvalue weighted by molar-refractivity contribution is 0.145. The summed E-state index contributed by atoms with van der Waals surface area (Å²) in [6, 6.07) is 11.5. The molecule has 2 aromatic rings. The average molecular weight is 261 g/mol. The molecule has 1 unspecified atom stereocenters. The van der Waals surface area contributed by atoms with Gasteiger partial charge < -0.3 is 15.2 Å². The molecule has 0 amide bonds. The number of nitrogens with zero attached hydrogens (tertiary/aromatic N) is 2. The van der Waals surface area contributed by atoms with Crippen molar-refractivity contribution >= 4 is 0 Å². The summed E-state index contributed by atoms with van der Waals surface area (Å²) >= 11 is 0. The molecule has 0 spiro atoms. The molecular formula is C14H19N3O2. The number of para-hydroxylation sites is 1. The summed E-state index contributed by atoms with van der Waals surface area (Å²) in [5, 5.41) is 17.0. The molecular weight excluding hydrogens is 242 g/mol. The van der Waals surface area contributed by atoms with Gasteiger partial charge in [0, 0.05) is 25.5 Å². The smallest absolute Gasteiger partial charge is 0.119 e. The van der Waals surface area contributed by atoms with Crippen molar-refractivity contribution in [1.29, 1.82) is 0 Å². The summed E-state index contributed by atoms with van der Waals surface area (Å²) in [6.07, 6.45) is 3.09. The first kappa shape index (κ1) is 13.6. The van der Waals surface area contributed by atoms with Crippen LogP contribution in [0.25, 0.3) is 0 Å².